The summed E-state index contributed by atoms with van der Waals surface area (Å²) in [5, 5.41) is 12.9. The van der Waals surface area contributed by atoms with Gasteiger partial charge in [-0.3, -0.25) is 0 Å². The van der Waals surface area contributed by atoms with E-state index in [2.05, 4.69) is 45.5 Å². The van der Waals surface area contributed by atoms with Crippen LogP contribution in [0.3, 0.4) is 0 Å². The molecule has 1 aromatic rings. The van der Waals surface area contributed by atoms with E-state index in [1.807, 2.05) is 0 Å². The zero-order valence-corrected chi connectivity index (χ0v) is 12.3. The van der Waals surface area contributed by atoms with Gasteiger partial charge in [-0.15, -0.1) is 0 Å². The van der Waals surface area contributed by atoms with Gasteiger partial charge in [0.25, 0.3) is 0 Å². The maximum atomic E-state index is 9.38. The standard InChI is InChI=1S/C15H22BrNO/c16-15-7-5-12(6-8-15)9-17-10-13-3-1-2-4-14(13)11-18/h5-8,13-14,17-18H,1-4,9-11H2. The van der Waals surface area contributed by atoms with Gasteiger partial charge in [0.05, 0.1) is 0 Å². The predicted molar refractivity (Wildman–Crippen MR) is 78.4 cm³/mol. The zero-order valence-electron chi connectivity index (χ0n) is 10.7. The van der Waals surface area contributed by atoms with E-state index in [9.17, 15) is 5.11 Å². The third-order valence-corrected chi connectivity index (χ3v) is 4.48. The Labute approximate surface area is 118 Å². The van der Waals surface area contributed by atoms with E-state index in [1.165, 1.54) is 31.2 Å². The molecule has 2 N–H and O–H groups in total. The van der Waals surface area contributed by atoms with Crippen molar-refractivity contribution in [3.8, 4) is 0 Å². The third-order valence-electron chi connectivity index (χ3n) is 3.95. The van der Waals surface area contributed by atoms with Gasteiger partial charge in [-0.05, 0) is 48.9 Å². The summed E-state index contributed by atoms with van der Waals surface area (Å²) in [6, 6.07) is 8.44. The number of benzene rings is 1. The van der Waals surface area contributed by atoms with Gasteiger partial charge in [0.15, 0.2) is 0 Å². The fourth-order valence-electron chi connectivity index (χ4n) is 2.80. The lowest BCUT2D eigenvalue weighted by Crippen LogP contribution is -2.32. The van der Waals surface area contributed by atoms with Gasteiger partial charge in [-0.2, -0.15) is 0 Å². The number of halogens is 1. The molecule has 3 heteroatoms. The average molecular weight is 312 g/mol. The van der Waals surface area contributed by atoms with Crippen LogP contribution in [0.5, 0.6) is 0 Å². The highest BCUT2D eigenvalue weighted by Crippen LogP contribution is 2.29. The summed E-state index contributed by atoms with van der Waals surface area (Å²) in [5.74, 6) is 1.16. The summed E-state index contributed by atoms with van der Waals surface area (Å²) in [6.07, 6.45) is 5.06. The third kappa shape index (κ3) is 4.08. The Balaban J connectivity index is 1.75. The van der Waals surface area contributed by atoms with Gasteiger partial charge in [-0.1, -0.05) is 40.9 Å². The Bertz CT molecular complexity index is 352. The van der Waals surface area contributed by atoms with E-state index in [0.717, 1.165) is 17.6 Å². The van der Waals surface area contributed by atoms with Crippen LogP contribution in [0.15, 0.2) is 28.7 Å². The SMILES string of the molecule is OCC1CCCCC1CNCc1ccc(Br)cc1. The molecule has 1 aromatic carbocycles. The van der Waals surface area contributed by atoms with Gasteiger partial charge >= 0.3 is 0 Å². The molecular weight excluding hydrogens is 290 g/mol. The molecule has 0 radical (unpaired) electrons. The Morgan fingerprint density at radius 1 is 1.11 bits per heavy atom. The second-order valence-corrected chi connectivity index (χ2v) is 6.16. The van der Waals surface area contributed by atoms with Crippen molar-refractivity contribution in [2.45, 2.75) is 32.2 Å². The minimum atomic E-state index is 0.352. The minimum Gasteiger partial charge on any atom is -0.396 e. The fraction of sp³-hybridized carbons (Fsp3) is 0.600. The molecule has 18 heavy (non-hydrogen) atoms. The van der Waals surface area contributed by atoms with Gasteiger partial charge in [0.2, 0.25) is 0 Å². The van der Waals surface area contributed by atoms with Crippen molar-refractivity contribution >= 4 is 15.9 Å². The van der Waals surface area contributed by atoms with E-state index in [4.69, 9.17) is 0 Å². The summed E-state index contributed by atoms with van der Waals surface area (Å²) in [6.45, 7) is 2.30. The van der Waals surface area contributed by atoms with Crippen molar-refractivity contribution in [1.82, 2.24) is 5.32 Å². The molecule has 0 amide bonds. The molecule has 0 bridgehead atoms. The van der Waals surface area contributed by atoms with E-state index in [1.54, 1.807) is 0 Å². The molecule has 1 aliphatic rings. The van der Waals surface area contributed by atoms with E-state index >= 15 is 0 Å². The lowest BCUT2D eigenvalue weighted by molar-refractivity contribution is 0.133. The number of rotatable bonds is 5. The van der Waals surface area contributed by atoms with Crippen molar-refractivity contribution < 1.29 is 5.11 Å². The number of hydrogen-bond acceptors (Lipinski definition) is 2. The molecule has 2 atom stereocenters. The van der Waals surface area contributed by atoms with Gasteiger partial charge in [-0.25, -0.2) is 0 Å². The minimum absolute atomic E-state index is 0.352. The monoisotopic (exact) mass is 311 g/mol. The molecule has 0 aliphatic heterocycles. The Morgan fingerprint density at radius 3 is 2.44 bits per heavy atom. The Hall–Kier alpha value is -0.380. The first-order valence-corrected chi connectivity index (χ1v) is 7.65. The second-order valence-electron chi connectivity index (χ2n) is 5.24. The summed E-state index contributed by atoms with van der Waals surface area (Å²) >= 11 is 3.45. The fourth-order valence-corrected chi connectivity index (χ4v) is 3.06. The highest BCUT2D eigenvalue weighted by Gasteiger charge is 2.23. The van der Waals surface area contributed by atoms with Crippen LogP contribution in [0.4, 0.5) is 0 Å². The topological polar surface area (TPSA) is 32.3 Å². The number of hydrogen-bond donors (Lipinski definition) is 2. The molecule has 0 spiro atoms. The van der Waals surface area contributed by atoms with Crippen LogP contribution in [0.25, 0.3) is 0 Å². The molecule has 100 valence electrons. The average Bonchev–Trinajstić information content (AvgIpc) is 2.41. The van der Waals surface area contributed by atoms with Crippen molar-refractivity contribution in [2.75, 3.05) is 13.2 Å². The van der Waals surface area contributed by atoms with E-state index in [0.29, 0.717) is 18.4 Å². The summed E-state index contributed by atoms with van der Waals surface area (Å²) in [5.41, 5.74) is 1.31. The summed E-state index contributed by atoms with van der Waals surface area (Å²) in [4.78, 5) is 0. The van der Waals surface area contributed by atoms with E-state index < -0.39 is 0 Å². The van der Waals surface area contributed by atoms with E-state index in [-0.39, 0.29) is 0 Å². The second kappa shape index (κ2) is 7.27. The Kier molecular flexibility index (Phi) is 5.67. The quantitative estimate of drug-likeness (QED) is 0.874. The smallest absolute Gasteiger partial charge is 0.0462 e. The van der Waals surface area contributed by atoms with Crippen LogP contribution < -0.4 is 5.32 Å². The molecular formula is C15H22BrNO. The highest BCUT2D eigenvalue weighted by molar-refractivity contribution is 9.10. The van der Waals surface area contributed by atoms with Crippen molar-refractivity contribution in [2.24, 2.45) is 11.8 Å². The maximum Gasteiger partial charge on any atom is 0.0462 e. The predicted octanol–water partition coefficient (Wildman–Crippen LogP) is 3.34. The lowest BCUT2D eigenvalue weighted by Gasteiger charge is -2.30. The number of aliphatic hydroxyl groups excluding tert-OH is 1. The van der Waals surface area contributed by atoms with Crippen molar-refractivity contribution in [1.29, 1.82) is 0 Å². The van der Waals surface area contributed by atoms with Crippen LogP contribution in [-0.4, -0.2) is 18.3 Å². The molecule has 0 aromatic heterocycles. The molecule has 1 aliphatic carbocycles. The Morgan fingerprint density at radius 2 is 1.78 bits per heavy atom. The largest absolute Gasteiger partial charge is 0.396 e. The van der Waals surface area contributed by atoms with Gasteiger partial charge < -0.3 is 10.4 Å². The highest BCUT2D eigenvalue weighted by atomic mass is 79.9. The van der Waals surface area contributed by atoms with Crippen LogP contribution in [0.2, 0.25) is 0 Å². The first-order chi connectivity index (χ1) is 8.79. The first kappa shape index (κ1) is 14.0. The van der Waals surface area contributed by atoms with Crippen LogP contribution in [0.1, 0.15) is 31.2 Å². The lowest BCUT2D eigenvalue weighted by atomic mass is 9.79. The molecule has 0 heterocycles. The molecule has 2 nitrogen and oxygen atoms in total. The molecule has 1 fully saturated rings. The first-order valence-electron chi connectivity index (χ1n) is 6.85. The zero-order chi connectivity index (χ0) is 12.8. The summed E-state index contributed by atoms with van der Waals surface area (Å²) < 4.78 is 1.12. The summed E-state index contributed by atoms with van der Waals surface area (Å²) in [7, 11) is 0. The van der Waals surface area contributed by atoms with Gasteiger partial charge in [0, 0.05) is 17.6 Å². The van der Waals surface area contributed by atoms with Crippen molar-refractivity contribution in [3.05, 3.63) is 34.3 Å². The molecule has 1 saturated carbocycles. The van der Waals surface area contributed by atoms with Crippen LogP contribution in [-0.2, 0) is 6.54 Å². The molecule has 0 saturated heterocycles. The van der Waals surface area contributed by atoms with Crippen LogP contribution >= 0.6 is 15.9 Å². The number of nitrogens with one attached hydrogen (secondary N) is 1. The molecule has 2 unspecified atom stereocenters. The van der Waals surface area contributed by atoms with Crippen molar-refractivity contribution in [3.63, 3.8) is 0 Å². The van der Waals surface area contributed by atoms with Crippen LogP contribution in [0, 0.1) is 11.8 Å². The number of aliphatic hydroxyl groups is 1. The molecule has 2 rings (SSSR count). The normalized spacial score (nSPS) is 24.1. The maximum absolute atomic E-state index is 9.38. The van der Waals surface area contributed by atoms with Gasteiger partial charge in [0.1, 0.15) is 0 Å².